The van der Waals surface area contributed by atoms with E-state index < -0.39 is 0 Å². The SMILES string of the molecule is Cl.O=c1n(CCn2cccc2)nc(CC2CCNCC2)n1-c1ccccc1. The van der Waals surface area contributed by atoms with Crippen molar-refractivity contribution in [3.8, 4) is 5.69 Å². The van der Waals surface area contributed by atoms with Gasteiger partial charge in [-0.1, -0.05) is 18.2 Å². The van der Waals surface area contributed by atoms with E-state index in [2.05, 4.69) is 9.88 Å². The Morgan fingerprint density at radius 3 is 2.41 bits per heavy atom. The first-order valence-corrected chi connectivity index (χ1v) is 9.37. The molecule has 3 heterocycles. The quantitative estimate of drug-likeness (QED) is 0.707. The maximum Gasteiger partial charge on any atom is 0.350 e. The molecule has 0 radical (unpaired) electrons. The van der Waals surface area contributed by atoms with Gasteiger partial charge in [-0.25, -0.2) is 14.0 Å². The Morgan fingerprint density at radius 2 is 1.70 bits per heavy atom. The first kappa shape index (κ1) is 19.5. The van der Waals surface area contributed by atoms with Gasteiger partial charge in [-0.3, -0.25) is 0 Å². The Bertz CT molecular complexity index is 879. The van der Waals surface area contributed by atoms with E-state index in [1.54, 1.807) is 9.25 Å². The van der Waals surface area contributed by atoms with Crippen LogP contribution >= 0.6 is 12.4 Å². The summed E-state index contributed by atoms with van der Waals surface area (Å²) in [7, 11) is 0. The third-order valence-corrected chi connectivity index (χ3v) is 5.09. The van der Waals surface area contributed by atoms with Crippen LogP contribution < -0.4 is 11.0 Å². The topological polar surface area (TPSA) is 56.8 Å². The monoisotopic (exact) mass is 387 g/mol. The summed E-state index contributed by atoms with van der Waals surface area (Å²) in [5.41, 5.74) is 0.848. The van der Waals surface area contributed by atoms with Crippen LogP contribution in [0.5, 0.6) is 0 Å². The van der Waals surface area contributed by atoms with Crippen molar-refractivity contribution in [2.75, 3.05) is 13.1 Å². The Kier molecular flexibility index (Phi) is 6.53. The smallest absolute Gasteiger partial charge is 0.350 e. The number of benzene rings is 1. The molecule has 4 rings (SSSR count). The van der Waals surface area contributed by atoms with E-state index in [0.717, 1.165) is 50.4 Å². The van der Waals surface area contributed by atoms with Crippen molar-refractivity contribution in [1.29, 1.82) is 0 Å². The molecule has 6 nitrogen and oxygen atoms in total. The fraction of sp³-hybridized carbons (Fsp3) is 0.400. The summed E-state index contributed by atoms with van der Waals surface area (Å²) >= 11 is 0. The number of hydrogen-bond acceptors (Lipinski definition) is 3. The van der Waals surface area contributed by atoms with Crippen molar-refractivity contribution in [2.24, 2.45) is 5.92 Å². The molecule has 3 aromatic rings. The van der Waals surface area contributed by atoms with Crippen LogP contribution in [0.3, 0.4) is 0 Å². The number of nitrogens with zero attached hydrogens (tertiary/aromatic N) is 4. The van der Waals surface area contributed by atoms with E-state index >= 15 is 0 Å². The lowest BCUT2D eigenvalue weighted by atomic mass is 9.94. The summed E-state index contributed by atoms with van der Waals surface area (Å²) in [5.74, 6) is 1.46. The molecule has 1 aliphatic heterocycles. The summed E-state index contributed by atoms with van der Waals surface area (Å²) in [6, 6.07) is 13.8. The van der Waals surface area contributed by atoms with E-state index in [9.17, 15) is 4.79 Å². The fourth-order valence-corrected chi connectivity index (χ4v) is 3.64. The van der Waals surface area contributed by atoms with Gasteiger partial charge in [0, 0.05) is 25.4 Å². The van der Waals surface area contributed by atoms with Crippen LogP contribution in [-0.2, 0) is 19.5 Å². The van der Waals surface area contributed by atoms with Gasteiger partial charge in [0.15, 0.2) is 0 Å². The number of hydrogen-bond donors (Lipinski definition) is 1. The van der Waals surface area contributed by atoms with Gasteiger partial charge in [0.25, 0.3) is 0 Å². The van der Waals surface area contributed by atoms with Crippen molar-refractivity contribution in [1.82, 2.24) is 24.2 Å². The van der Waals surface area contributed by atoms with Gasteiger partial charge in [-0.15, -0.1) is 12.4 Å². The molecule has 0 amide bonds. The highest BCUT2D eigenvalue weighted by Crippen LogP contribution is 2.18. The molecule has 2 aromatic heterocycles. The highest BCUT2D eigenvalue weighted by Gasteiger charge is 2.20. The molecule has 144 valence electrons. The number of aryl methyl sites for hydroxylation is 2. The van der Waals surface area contributed by atoms with E-state index in [0.29, 0.717) is 12.5 Å². The number of piperidine rings is 1. The molecule has 7 heteroatoms. The lowest BCUT2D eigenvalue weighted by molar-refractivity contribution is 0.364. The molecule has 0 spiro atoms. The number of aromatic nitrogens is 4. The average molecular weight is 388 g/mol. The van der Waals surface area contributed by atoms with Crippen molar-refractivity contribution >= 4 is 12.4 Å². The molecule has 1 fully saturated rings. The lowest BCUT2D eigenvalue weighted by Gasteiger charge is -2.22. The minimum Gasteiger partial charge on any atom is -0.352 e. The number of nitrogens with one attached hydrogen (secondary N) is 1. The molecule has 0 atom stereocenters. The Morgan fingerprint density at radius 1 is 1.00 bits per heavy atom. The van der Waals surface area contributed by atoms with Gasteiger partial charge >= 0.3 is 5.69 Å². The molecule has 1 N–H and O–H groups in total. The van der Waals surface area contributed by atoms with Crippen molar-refractivity contribution in [3.63, 3.8) is 0 Å². The van der Waals surface area contributed by atoms with Crippen LogP contribution in [0.4, 0.5) is 0 Å². The Labute approximate surface area is 165 Å². The third-order valence-electron chi connectivity index (χ3n) is 5.09. The molecular formula is C20H26ClN5O. The average Bonchev–Trinajstić information content (AvgIpc) is 3.30. The highest BCUT2D eigenvalue weighted by molar-refractivity contribution is 5.85. The van der Waals surface area contributed by atoms with Crippen molar-refractivity contribution < 1.29 is 0 Å². The molecule has 0 bridgehead atoms. The number of halogens is 1. The first-order chi connectivity index (χ1) is 12.8. The maximum atomic E-state index is 13.0. The zero-order chi connectivity index (χ0) is 17.8. The molecule has 1 aromatic carbocycles. The predicted molar refractivity (Wildman–Crippen MR) is 109 cm³/mol. The summed E-state index contributed by atoms with van der Waals surface area (Å²) in [6.45, 7) is 3.42. The van der Waals surface area contributed by atoms with Crippen molar-refractivity contribution in [2.45, 2.75) is 32.4 Å². The fourth-order valence-electron chi connectivity index (χ4n) is 3.64. The van der Waals surface area contributed by atoms with Gasteiger partial charge < -0.3 is 9.88 Å². The minimum absolute atomic E-state index is 0. The standard InChI is InChI=1S/C20H25N5O.ClH/c26-20-24(15-14-23-12-4-5-13-23)22-19(16-17-8-10-21-11-9-17)25(20)18-6-2-1-3-7-18;/h1-7,12-13,17,21H,8-11,14-16H2;1H. The largest absolute Gasteiger partial charge is 0.352 e. The van der Waals surface area contributed by atoms with E-state index in [4.69, 9.17) is 5.10 Å². The number of rotatable bonds is 6. The van der Waals surface area contributed by atoms with Crippen LogP contribution in [0, 0.1) is 5.92 Å². The zero-order valence-electron chi connectivity index (χ0n) is 15.3. The minimum atomic E-state index is -0.0488. The second kappa shape index (κ2) is 9.06. The summed E-state index contributed by atoms with van der Waals surface area (Å²) in [6.07, 6.45) is 7.14. The van der Waals surface area contributed by atoms with Crippen LogP contribution in [0.25, 0.3) is 5.69 Å². The van der Waals surface area contributed by atoms with Gasteiger partial charge in [-0.2, -0.15) is 5.10 Å². The number of para-hydroxylation sites is 1. The summed E-state index contributed by atoms with van der Waals surface area (Å²) < 4.78 is 5.47. The van der Waals surface area contributed by atoms with Gasteiger partial charge in [0.05, 0.1) is 12.2 Å². The van der Waals surface area contributed by atoms with E-state index in [-0.39, 0.29) is 18.1 Å². The van der Waals surface area contributed by atoms with Gasteiger partial charge in [-0.05, 0) is 56.1 Å². The molecule has 1 saturated heterocycles. The Hall–Kier alpha value is -2.31. The maximum absolute atomic E-state index is 13.0. The van der Waals surface area contributed by atoms with E-state index in [1.807, 2.05) is 54.9 Å². The van der Waals surface area contributed by atoms with Gasteiger partial charge in [0.2, 0.25) is 0 Å². The molecule has 0 aliphatic carbocycles. The molecule has 0 unspecified atom stereocenters. The molecule has 27 heavy (non-hydrogen) atoms. The van der Waals surface area contributed by atoms with Crippen LogP contribution in [-0.4, -0.2) is 32.0 Å². The molecular weight excluding hydrogens is 362 g/mol. The normalized spacial score (nSPS) is 14.8. The first-order valence-electron chi connectivity index (χ1n) is 9.37. The highest BCUT2D eigenvalue weighted by atomic mass is 35.5. The zero-order valence-corrected chi connectivity index (χ0v) is 16.1. The van der Waals surface area contributed by atoms with Crippen LogP contribution in [0.1, 0.15) is 18.7 Å². The summed E-state index contributed by atoms with van der Waals surface area (Å²) in [4.78, 5) is 13.0. The predicted octanol–water partition coefficient (Wildman–Crippen LogP) is 2.50. The van der Waals surface area contributed by atoms with E-state index in [1.165, 1.54) is 0 Å². The lowest BCUT2D eigenvalue weighted by Crippen LogP contribution is -2.29. The second-order valence-corrected chi connectivity index (χ2v) is 6.91. The van der Waals surface area contributed by atoms with Crippen LogP contribution in [0.15, 0.2) is 59.7 Å². The molecule has 0 saturated carbocycles. The van der Waals surface area contributed by atoms with Gasteiger partial charge in [0.1, 0.15) is 5.82 Å². The Balaban J connectivity index is 0.00000210. The third kappa shape index (κ3) is 4.51. The van der Waals surface area contributed by atoms with Crippen LogP contribution in [0.2, 0.25) is 0 Å². The second-order valence-electron chi connectivity index (χ2n) is 6.91. The molecule has 1 aliphatic rings. The summed E-state index contributed by atoms with van der Waals surface area (Å²) in [5, 5.41) is 8.12. The van der Waals surface area contributed by atoms with Crippen molar-refractivity contribution in [3.05, 3.63) is 71.2 Å².